The molecule has 108 valence electrons. The summed E-state index contributed by atoms with van der Waals surface area (Å²) in [6.45, 7) is 4.95. The van der Waals surface area contributed by atoms with Crippen LogP contribution in [0.5, 0.6) is 0 Å². The van der Waals surface area contributed by atoms with Crippen molar-refractivity contribution in [3.63, 3.8) is 0 Å². The highest BCUT2D eigenvalue weighted by Crippen LogP contribution is 1.87. The van der Waals surface area contributed by atoms with Crippen molar-refractivity contribution in [1.29, 1.82) is 0 Å². The van der Waals surface area contributed by atoms with E-state index >= 15 is 0 Å². The fraction of sp³-hybridized carbons (Fsp3) is 0.727. The Morgan fingerprint density at radius 2 is 1.12 bits per heavy atom. The summed E-state index contributed by atoms with van der Waals surface area (Å²) in [4.78, 5) is 14.2. The van der Waals surface area contributed by atoms with Crippen molar-refractivity contribution in [2.24, 2.45) is 0 Å². The van der Waals surface area contributed by atoms with Gasteiger partial charge in [-0.05, 0) is 49.2 Å². The Kier molecular flexibility index (Phi) is 37.2. The molecule has 0 bridgehead atoms. The van der Waals surface area contributed by atoms with Gasteiger partial charge in [0.2, 0.25) is 0 Å². The predicted molar refractivity (Wildman–Crippen MR) is 80.5 cm³/mol. The Bertz CT molecular complexity index is 163. The molecule has 0 saturated heterocycles. The highest BCUT2D eigenvalue weighted by atomic mass is 35.5. The Balaban J connectivity index is -0.0000000425. The van der Waals surface area contributed by atoms with E-state index < -0.39 is 0 Å². The Morgan fingerprint density at radius 1 is 0.941 bits per heavy atom. The van der Waals surface area contributed by atoms with E-state index in [2.05, 4.69) is 11.3 Å². The van der Waals surface area contributed by atoms with Crippen molar-refractivity contribution in [3.05, 3.63) is 12.2 Å². The summed E-state index contributed by atoms with van der Waals surface area (Å²) in [6.07, 6.45) is 0. The second-order valence-corrected chi connectivity index (χ2v) is 3.96. The molecule has 6 heteroatoms. The number of esters is 1. The third-order valence-corrected chi connectivity index (χ3v) is 0.534. The van der Waals surface area contributed by atoms with Gasteiger partial charge in [0.15, 0.2) is 0 Å². The molecule has 0 aromatic rings. The average molecular weight is 291 g/mol. The zero-order valence-electron chi connectivity index (χ0n) is 12.2. The summed E-state index contributed by atoms with van der Waals surface area (Å²) >= 11 is 0. The Morgan fingerprint density at radius 3 is 1.12 bits per heavy atom. The van der Waals surface area contributed by atoms with E-state index in [1.807, 2.05) is 52.1 Å². The van der Waals surface area contributed by atoms with Gasteiger partial charge in [-0.15, -0.1) is 24.8 Å². The van der Waals surface area contributed by atoms with Crippen LogP contribution in [0.1, 0.15) is 6.92 Å². The summed E-state index contributed by atoms with van der Waals surface area (Å²) < 4.78 is 4.27. The molecule has 0 aliphatic heterocycles. The van der Waals surface area contributed by atoms with Crippen LogP contribution in [0.15, 0.2) is 12.2 Å². The van der Waals surface area contributed by atoms with Crippen molar-refractivity contribution in [1.82, 2.24) is 9.80 Å². The summed E-state index contributed by atoms with van der Waals surface area (Å²) in [5.74, 6) is -0.347. The first-order valence-electron chi connectivity index (χ1n) is 4.60. The molecule has 0 atom stereocenters. The highest BCUT2D eigenvalue weighted by Gasteiger charge is 1.95. The van der Waals surface area contributed by atoms with Crippen molar-refractivity contribution in [2.75, 3.05) is 49.4 Å². The molecule has 4 nitrogen and oxygen atoms in total. The minimum Gasteiger partial charge on any atom is -0.466 e. The average Bonchev–Trinajstić information content (AvgIpc) is 2.00. The zero-order chi connectivity index (χ0) is 13.0. The molecule has 0 unspecified atom stereocenters. The first-order valence-corrected chi connectivity index (χ1v) is 4.60. The molecule has 0 radical (unpaired) electrons. The first kappa shape index (κ1) is 30.1. The lowest BCUT2D eigenvalue weighted by Gasteiger charge is -1.91. The second-order valence-electron chi connectivity index (χ2n) is 3.96. The van der Waals surface area contributed by atoms with E-state index in [0.717, 1.165) is 0 Å². The van der Waals surface area contributed by atoms with Gasteiger partial charge in [-0.1, -0.05) is 6.58 Å². The summed E-state index contributed by atoms with van der Waals surface area (Å²) in [6, 6.07) is 0. The van der Waals surface area contributed by atoms with Crippen molar-refractivity contribution in [3.8, 4) is 0 Å². The Hall–Kier alpha value is -0.290. The fourth-order valence-electron chi connectivity index (χ4n) is 0.174. The van der Waals surface area contributed by atoms with Crippen molar-refractivity contribution in [2.45, 2.75) is 6.92 Å². The highest BCUT2D eigenvalue weighted by molar-refractivity contribution is 5.86. The number of carbonyl (C=O) groups excluding carboxylic acids is 1. The lowest BCUT2D eigenvalue weighted by Crippen LogP contribution is -1.99. The van der Waals surface area contributed by atoms with E-state index in [9.17, 15) is 4.79 Å². The fourth-order valence-corrected chi connectivity index (χ4v) is 0.174. The topological polar surface area (TPSA) is 32.8 Å². The second kappa shape index (κ2) is 21.0. The lowest BCUT2D eigenvalue weighted by atomic mass is 10.4. The quantitative estimate of drug-likeness (QED) is 0.546. The van der Waals surface area contributed by atoms with E-state index in [4.69, 9.17) is 0 Å². The summed E-state index contributed by atoms with van der Waals surface area (Å²) in [7, 11) is 13.3. The molecular weight excluding hydrogens is 263 g/mol. The summed E-state index contributed by atoms with van der Waals surface area (Å²) in [5.41, 5.74) is 0.433. The maximum Gasteiger partial charge on any atom is 0.332 e. The van der Waals surface area contributed by atoms with Crippen LogP contribution in [0.3, 0.4) is 0 Å². The lowest BCUT2D eigenvalue weighted by molar-refractivity contribution is -0.136. The van der Waals surface area contributed by atoms with Gasteiger partial charge in [-0.2, -0.15) is 0 Å². The normalized spacial score (nSPS) is 7.41. The smallest absolute Gasteiger partial charge is 0.332 e. The molecule has 0 saturated carbocycles. The third-order valence-electron chi connectivity index (χ3n) is 0.534. The number of hydrogen-bond donors (Lipinski definition) is 0. The SMILES string of the molecule is C=C(C)C(=O)OC.CN(C)C.CN(C)C.Cl.Cl. The number of rotatable bonds is 1. The standard InChI is InChI=1S/C5H8O2.2C3H9N.2ClH/c1-4(2)5(6)7-3;2*1-4(2)3;;/h1H2,2-3H3;2*1-3H3;2*1H. The van der Waals surface area contributed by atoms with Crippen LogP contribution in [0.25, 0.3) is 0 Å². The molecule has 0 N–H and O–H groups in total. The minimum absolute atomic E-state index is 0. The van der Waals surface area contributed by atoms with E-state index in [0.29, 0.717) is 5.57 Å². The van der Waals surface area contributed by atoms with Crippen molar-refractivity contribution >= 4 is 30.8 Å². The predicted octanol–water partition coefficient (Wildman–Crippen LogP) is 1.93. The van der Waals surface area contributed by atoms with Crippen LogP contribution in [-0.4, -0.2) is 65.2 Å². The molecule has 0 aromatic carbocycles. The van der Waals surface area contributed by atoms with Crippen LogP contribution in [0, 0.1) is 0 Å². The van der Waals surface area contributed by atoms with Crippen molar-refractivity contribution < 1.29 is 9.53 Å². The van der Waals surface area contributed by atoms with Gasteiger partial charge >= 0.3 is 5.97 Å². The van der Waals surface area contributed by atoms with Gasteiger partial charge in [0, 0.05) is 5.57 Å². The van der Waals surface area contributed by atoms with Gasteiger partial charge in [0.25, 0.3) is 0 Å². The van der Waals surface area contributed by atoms with E-state index in [1.165, 1.54) is 7.11 Å². The van der Waals surface area contributed by atoms with Gasteiger partial charge in [-0.3, -0.25) is 0 Å². The van der Waals surface area contributed by atoms with Gasteiger partial charge in [0.05, 0.1) is 7.11 Å². The van der Waals surface area contributed by atoms with Gasteiger partial charge in [-0.25, -0.2) is 4.79 Å². The molecule has 17 heavy (non-hydrogen) atoms. The minimum atomic E-state index is -0.347. The Labute approximate surface area is 119 Å². The molecule has 0 rings (SSSR count). The third kappa shape index (κ3) is 90.6. The molecule has 0 amide bonds. The number of hydrogen-bond acceptors (Lipinski definition) is 4. The van der Waals surface area contributed by atoms with Crippen LogP contribution in [0.2, 0.25) is 0 Å². The molecule has 0 aliphatic carbocycles. The number of halogens is 2. The zero-order valence-corrected chi connectivity index (χ0v) is 13.9. The van der Waals surface area contributed by atoms with E-state index in [1.54, 1.807) is 6.92 Å². The molecule has 0 fully saturated rings. The first-order chi connectivity index (χ1) is 6.64. The molecular formula is C11H28Cl2N2O2. The van der Waals surface area contributed by atoms with Crippen LogP contribution in [0.4, 0.5) is 0 Å². The monoisotopic (exact) mass is 290 g/mol. The van der Waals surface area contributed by atoms with E-state index in [-0.39, 0.29) is 30.8 Å². The number of carbonyl (C=O) groups is 1. The largest absolute Gasteiger partial charge is 0.466 e. The van der Waals surface area contributed by atoms with Gasteiger partial charge in [0.1, 0.15) is 0 Å². The maximum absolute atomic E-state index is 10.2. The molecule has 0 spiro atoms. The number of nitrogens with zero attached hydrogens (tertiary/aromatic N) is 2. The van der Waals surface area contributed by atoms with Gasteiger partial charge < -0.3 is 14.5 Å². The number of ether oxygens (including phenoxy) is 1. The molecule has 0 aromatic heterocycles. The molecule has 0 heterocycles. The van der Waals surface area contributed by atoms with Crippen LogP contribution in [-0.2, 0) is 9.53 Å². The number of methoxy groups -OCH3 is 1. The maximum atomic E-state index is 10.2. The molecule has 0 aliphatic rings. The van der Waals surface area contributed by atoms with Crippen LogP contribution >= 0.6 is 24.8 Å². The summed E-state index contributed by atoms with van der Waals surface area (Å²) in [5, 5.41) is 0. The van der Waals surface area contributed by atoms with Crippen LogP contribution < -0.4 is 0 Å².